The van der Waals surface area contributed by atoms with Crippen LogP contribution in [0.4, 0.5) is 5.95 Å². The molecule has 3 heterocycles. The summed E-state index contributed by atoms with van der Waals surface area (Å²) in [5.41, 5.74) is 1.00. The van der Waals surface area contributed by atoms with Crippen molar-refractivity contribution in [3.63, 3.8) is 0 Å². The molecule has 1 saturated heterocycles. The molecule has 0 radical (unpaired) electrons. The smallest absolute Gasteiger partial charge is 0.223 e. The molecule has 1 atom stereocenters. The average Bonchev–Trinajstić information content (AvgIpc) is 2.84. The Hall–Kier alpha value is -0.980. The van der Waals surface area contributed by atoms with Crippen LogP contribution in [0.25, 0.3) is 0 Å². The lowest BCUT2D eigenvalue weighted by molar-refractivity contribution is 0.210. The van der Waals surface area contributed by atoms with Gasteiger partial charge in [-0.05, 0) is 54.4 Å². The number of halogens is 1. The lowest BCUT2D eigenvalue weighted by Crippen LogP contribution is -2.41. The van der Waals surface area contributed by atoms with Gasteiger partial charge in [0.05, 0.1) is 0 Å². The molecule has 3 rings (SSSR count). The monoisotopic (exact) mass is 366 g/mol. The Kier molecular flexibility index (Phi) is 4.87. The highest BCUT2D eigenvalue weighted by Gasteiger charge is 2.20. The van der Waals surface area contributed by atoms with Crippen molar-refractivity contribution >= 4 is 33.2 Å². The molecule has 1 aliphatic rings. The van der Waals surface area contributed by atoms with E-state index in [9.17, 15) is 0 Å². The van der Waals surface area contributed by atoms with E-state index < -0.39 is 0 Å². The van der Waals surface area contributed by atoms with Crippen LogP contribution in [0.3, 0.4) is 0 Å². The number of nitrogens with one attached hydrogen (secondary N) is 1. The number of aromatic nitrogens is 2. The summed E-state index contributed by atoms with van der Waals surface area (Å²) in [6.07, 6.45) is 4.21. The molecular formula is C15H19BrN4S. The summed E-state index contributed by atoms with van der Waals surface area (Å²) >= 11 is 5.34. The maximum atomic E-state index is 4.43. The first kappa shape index (κ1) is 14.9. The van der Waals surface area contributed by atoms with Gasteiger partial charge in [-0.15, -0.1) is 11.3 Å². The lowest BCUT2D eigenvalue weighted by Gasteiger charge is -2.32. The van der Waals surface area contributed by atoms with Crippen molar-refractivity contribution in [3.8, 4) is 0 Å². The van der Waals surface area contributed by atoms with Crippen LogP contribution >= 0.6 is 27.3 Å². The number of hydrogen-bond donors (Lipinski definition) is 1. The van der Waals surface area contributed by atoms with Gasteiger partial charge in [0.1, 0.15) is 0 Å². The molecule has 2 aromatic rings. The lowest BCUT2D eigenvalue weighted by atomic mass is 10.1. The number of piperidine rings is 1. The Labute approximate surface area is 137 Å². The standard InChI is InChI=1S/C15H19BrN4S/c1-11-4-5-17-15(18-11)19-13-3-2-6-20(8-13)9-14-7-12(16)10-21-14/h4-5,7,10,13H,2-3,6,8-9H2,1H3,(H,17,18,19). The molecule has 1 fully saturated rings. The molecular weight excluding hydrogens is 348 g/mol. The predicted octanol–water partition coefficient (Wildman–Crippen LogP) is 3.69. The zero-order valence-corrected chi connectivity index (χ0v) is 14.5. The largest absolute Gasteiger partial charge is 0.350 e. The second-order valence-electron chi connectivity index (χ2n) is 5.47. The van der Waals surface area contributed by atoms with E-state index in [2.05, 4.69) is 47.6 Å². The van der Waals surface area contributed by atoms with Crippen LogP contribution in [0.15, 0.2) is 28.2 Å². The van der Waals surface area contributed by atoms with E-state index in [0.29, 0.717) is 6.04 Å². The molecule has 0 aliphatic carbocycles. The number of thiophene rings is 1. The molecule has 4 nitrogen and oxygen atoms in total. The second kappa shape index (κ2) is 6.85. The zero-order valence-electron chi connectivity index (χ0n) is 12.1. The van der Waals surface area contributed by atoms with Gasteiger partial charge >= 0.3 is 0 Å². The third kappa shape index (κ3) is 4.25. The number of likely N-dealkylation sites (tertiary alicyclic amines) is 1. The number of rotatable bonds is 4. The second-order valence-corrected chi connectivity index (χ2v) is 7.38. The predicted molar refractivity (Wildman–Crippen MR) is 90.7 cm³/mol. The minimum absolute atomic E-state index is 0.434. The van der Waals surface area contributed by atoms with Crippen LogP contribution in [0.2, 0.25) is 0 Å². The van der Waals surface area contributed by atoms with Gasteiger partial charge in [-0.2, -0.15) is 0 Å². The van der Waals surface area contributed by atoms with Gasteiger partial charge < -0.3 is 5.32 Å². The molecule has 21 heavy (non-hydrogen) atoms. The van der Waals surface area contributed by atoms with Crippen molar-refractivity contribution < 1.29 is 0 Å². The average molecular weight is 367 g/mol. The Morgan fingerprint density at radius 3 is 3.19 bits per heavy atom. The van der Waals surface area contributed by atoms with Gasteiger partial charge in [-0.3, -0.25) is 4.90 Å². The Balaban J connectivity index is 1.58. The van der Waals surface area contributed by atoms with E-state index in [1.165, 1.54) is 28.7 Å². The molecule has 6 heteroatoms. The summed E-state index contributed by atoms with van der Waals surface area (Å²) in [5.74, 6) is 0.751. The van der Waals surface area contributed by atoms with Crippen LogP contribution in [0.1, 0.15) is 23.4 Å². The third-order valence-corrected chi connectivity index (χ3v) is 5.32. The molecule has 0 amide bonds. The number of aryl methyl sites for hydroxylation is 1. The maximum Gasteiger partial charge on any atom is 0.223 e. The summed E-state index contributed by atoms with van der Waals surface area (Å²) in [4.78, 5) is 12.7. The maximum absolute atomic E-state index is 4.43. The molecule has 1 N–H and O–H groups in total. The van der Waals surface area contributed by atoms with Crippen molar-refractivity contribution in [2.45, 2.75) is 32.4 Å². The first-order valence-electron chi connectivity index (χ1n) is 7.20. The number of anilines is 1. The highest BCUT2D eigenvalue weighted by Crippen LogP contribution is 2.23. The summed E-state index contributed by atoms with van der Waals surface area (Å²) in [6.45, 7) is 5.24. The summed E-state index contributed by atoms with van der Waals surface area (Å²) in [6, 6.07) is 4.57. The molecule has 1 aliphatic heterocycles. The minimum atomic E-state index is 0.434. The molecule has 1 unspecified atom stereocenters. The molecule has 2 aromatic heterocycles. The Morgan fingerprint density at radius 2 is 2.43 bits per heavy atom. The number of nitrogens with zero attached hydrogens (tertiary/aromatic N) is 3. The summed E-state index contributed by atoms with van der Waals surface area (Å²) < 4.78 is 1.18. The highest BCUT2D eigenvalue weighted by molar-refractivity contribution is 9.10. The fourth-order valence-electron chi connectivity index (χ4n) is 2.68. The fourth-order valence-corrected chi connectivity index (χ4v) is 4.17. The normalized spacial score (nSPS) is 19.6. The molecule has 0 spiro atoms. The van der Waals surface area contributed by atoms with Gasteiger partial charge in [0, 0.05) is 45.8 Å². The Morgan fingerprint density at radius 1 is 1.52 bits per heavy atom. The van der Waals surface area contributed by atoms with Crippen LogP contribution in [0, 0.1) is 6.92 Å². The first-order valence-corrected chi connectivity index (χ1v) is 8.88. The summed E-state index contributed by atoms with van der Waals surface area (Å²) in [5, 5.41) is 5.62. The minimum Gasteiger partial charge on any atom is -0.350 e. The van der Waals surface area contributed by atoms with Crippen molar-refractivity contribution in [2.75, 3.05) is 18.4 Å². The van der Waals surface area contributed by atoms with E-state index in [-0.39, 0.29) is 0 Å². The van der Waals surface area contributed by atoms with Crippen molar-refractivity contribution in [1.29, 1.82) is 0 Å². The SMILES string of the molecule is Cc1ccnc(NC2CCCN(Cc3cc(Br)cs3)C2)n1. The summed E-state index contributed by atoms with van der Waals surface area (Å²) in [7, 11) is 0. The van der Waals surface area contributed by atoms with Crippen LogP contribution in [-0.2, 0) is 6.54 Å². The topological polar surface area (TPSA) is 41.1 Å². The van der Waals surface area contributed by atoms with Crippen molar-refractivity contribution in [1.82, 2.24) is 14.9 Å². The first-order chi connectivity index (χ1) is 10.2. The number of hydrogen-bond acceptors (Lipinski definition) is 5. The highest BCUT2D eigenvalue weighted by atomic mass is 79.9. The van der Waals surface area contributed by atoms with E-state index in [4.69, 9.17) is 0 Å². The molecule has 0 bridgehead atoms. The van der Waals surface area contributed by atoms with Gasteiger partial charge in [-0.1, -0.05) is 0 Å². The van der Waals surface area contributed by atoms with Crippen LogP contribution in [-0.4, -0.2) is 34.0 Å². The van der Waals surface area contributed by atoms with Crippen LogP contribution < -0.4 is 5.32 Å². The fraction of sp³-hybridized carbons (Fsp3) is 0.467. The van der Waals surface area contributed by atoms with Crippen molar-refractivity contribution in [3.05, 3.63) is 38.8 Å². The Bertz CT molecular complexity index is 601. The van der Waals surface area contributed by atoms with Gasteiger partial charge in [0.25, 0.3) is 0 Å². The third-order valence-electron chi connectivity index (χ3n) is 3.63. The van der Waals surface area contributed by atoms with E-state index in [1.807, 2.05) is 30.5 Å². The van der Waals surface area contributed by atoms with E-state index in [1.54, 1.807) is 0 Å². The molecule has 0 aromatic carbocycles. The molecule has 0 saturated carbocycles. The van der Waals surface area contributed by atoms with Gasteiger partial charge in [0.15, 0.2) is 0 Å². The van der Waals surface area contributed by atoms with E-state index in [0.717, 1.165) is 24.7 Å². The molecule has 112 valence electrons. The zero-order chi connectivity index (χ0) is 14.7. The van der Waals surface area contributed by atoms with Crippen LogP contribution in [0.5, 0.6) is 0 Å². The van der Waals surface area contributed by atoms with Gasteiger partial charge in [-0.25, -0.2) is 9.97 Å². The quantitative estimate of drug-likeness (QED) is 0.895. The van der Waals surface area contributed by atoms with E-state index >= 15 is 0 Å². The van der Waals surface area contributed by atoms with Gasteiger partial charge in [0.2, 0.25) is 5.95 Å². The van der Waals surface area contributed by atoms with Crippen molar-refractivity contribution in [2.24, 2.45) is 0 Å².